The van der Waals surface area contributed by atoms with Crippen molar-refractivity contribution in [2.45, 2.75) is 71.0 Å². The fourth-order valence-corrected chi connectivity index (χ4v) is 6.62. The maximum atomic E-state index is 14.7. The molecule has 4 aromatic carbocycles. The molecule has 4 rings (SSSR count). The number of ether oxygens (including phenoxy) is 1. The number of sulfonamides is 1. The Balaban J connectivity index is 1.81. The van der Waals surface area contributed by atoms with Gasteiger partial charge in [-0.05, 0) is 87.2 Å². The molecule has 0 aliphatic rings. The van der Waals surface area contributed by atoms with Crippen LogP contribution < -0.4 is 14.4 Å². The van der Waals surface area contributed by atoms with Gasteiger partial charge in [0.25, 0.3) is 10.0 Å². The van der Waals surface area contributed by atoms with Crippen LogP contribution in [0.25, 0.3) is 0 Å². The molecule has 0 saturated heterocycles. The molecular weight excluding hydrogens is 611 g/mol. The van der Waals surface area contributed by atoms with Crippen LogP contribution in [0.1, 0.15) is 49.4 Å². The van der Waals surface area contributed by atoms with Gasteiger partial charge in [0.1, 0.15) is 18.3 Å². The van der Waals surface area contributed by atoms with Gasteiger partial charge in [-0.3, -0.25) is 13.9 Å². The Morgan fingerprint density at radius 3 is 2.09 bits per heavy atom. The van der Waals surface area contributed by atoms with Gasteiger partial charge >= 0.3 is 0 Å². The van der Waals surface area contributed by atoms with Crippen molar-refractivity contribution in [1.82, 2.24) is 10.2 Å². The number of hydrogen-bond donors (Lipinski definition) is 1. The molecule has 248 valence electrons. The normalized spacial score (nSPS) is 12.5. The lowest BCUT2D eigenvalue weighted by Crippen LogP contribution is -2.54. The topological polar surface area (TPSA) is 96.0 Å². The molecule has 0 saturated carbocycles. The van der Waals surface area contributed by atoms with Crippen LogP contribution in [0.15, 0.2) is 108 Å². The molecule has 0 fully saturated rings. The third-order valence-corrected chi connectivity index (χ3v) is 9.99. The highest BCUT2D eigenvalue weighted by Crippen LogP contribution is 2.27. The fraction of sp³-hybridized carbons (Fsp3) is 0.316. The summed E-state index contributed by atoms with van der Waals surface area (Å²) in [5.74, 6) is -0.210. The Kier molecular flexibility index (Phi) is 12.2. The Morgan fingerprint density at radius 2 is 1.47 bits per heavy atom. The van der Waals surface area contributed by atoms with E-state index in [-0.39, 0.29) is 29.8 Å². The van der Waals surface area contributed by atoms with E-state index >= 15 is 0 Å². The summed E-state index contributed by atoms with van der Waals surface area (Å²) in [5, 5.41) is 3.07. The van der Waals surface area contributed by atoms with Gasteiger partial charge in [0, 0.05) is 19.0 Å². The second-order valence-electron chi connectivity index (χ2n) is 11.7. The van der Waals surface area contributed by atoms with E-state index in [1.54, 1.807) is 48.5 Å². The predicted octanol–water partition coefficient (Wildman–Crippen LogP) is 6.45. The summed E-state index contributed by atoms with van der Waals surface area (Å²) in [6.45, 7) is 9.68. The third-order valence-electron chi connectivity index (χ3n) is 8.20. The van der Waals surface area contributed by atoms with Crippen molar-refractivity contribution >= 4 is 27.5 Å². The van der Waals surface area contributed by atoms with Crippen molar-refractivity contribution in [2.24, 2.45) is 0 Å². The number of benzene rings is 4. The van der Waals surface area contributed by atoms with E-state index < -0.39 is 28.5 Å². The van der Waals surface area contributed by atoms with Gasteiger partial charge in [0.15, 0.2) is 0 Å². The summed E-state index contributed by atoms with van der Waals surface area (Å²) < 4.78 is 35.2. The van der Waals surface area contributed by atoms with Crippen molar-refractivity contribution in [3.8, 4) is 5.75 Å². The van der Waals surface area contributed by atoms with E-state index in [0.29, 0.717) is 18.0 Å². The number of carbonyl (C=O) groups excluding carboxylic acids is 2. The monoisotopic (exact) mass is 655 g/mol. The molecule has 2 amide bonds. The summed E-state index contributed by atoms with van der Waals surface area (Å²) in [7, 11) is -4.19. The molecule has 0 spiro atoms. The summed E-state index contributed by atoms with van der Waals surface area (Å²) in [6, 6.07) is 29.4. The number of anilines is 1. The van der Waals surface area contributed by atoms with Crippen molar-refractivity contribution in [1.29, 1.82) is 0 Å². The highest BCUT2D eigenvalue weighted by atomic mass is 32.2. The highest BCUT2D eigenvalue weighted by Gasteiger charge is 2.35. The minimum Gasteiger partial charge on any atom is -0.494 e. The zero-order valence-corrected chi connectivity index (χ0v) is 28.7. The second-order valence-corrected chi connectivity index (χ2v) is 13.6. The van der Waals surface area contributed by atoms with Gasteiger partial charge in [0.2, 0.25) is 11.8 Å². The van der Waals surface area contributed by atoms with Crippen molar-refractivity contribution in [3.05, 3.63) is 125 Å². The SMILES string of the molecule is CCOc1ccc(N(CC(=O)N(Cc2ccccc2C)[C@@H](Cc2ccccc2)C(=O)N[C@H](C)CC)S(=O)(=O)c2ccc(C)cc2)cc1. The predicted molar refractivity (Wildman–Crippen MR) is 187 cm³/mol. The first kappa shape index (κ1) is 35.2. The highest BCUT2D eigenvalue weighted by molar-refractivity contribution is 7.92. The molecule has 47 heavy (non-hydrogen) atoms. The first-order valence-electron chi connectivity index (χ1n) is 16.0. The van der Waals surface area contributed by atoms with Crippen molar-refractivity contribution in [2.75, 3.05) is 17.5 Å². The number of nitrogens with zero attached hydrogens (tertiary/aromatic N) is 2. The average molecular weight is 656 g/mol. The van der Waals surface area contributed by atoms with Gasteiger partial charge in [-0.15, -0.1) is 0 Å². The van der Waals surface area contributed by atoms with E-state index in [4.69, 9.17) is 4.74 Å². The van der Waals surface area contributed by atoms with E-state index in [2.05, 4.69) is 5.32 Å². The molecule has 9 heteroatoms. The van der Waals surface area contributed by atoms with Crippen LogP contribution >= 0.6 is 0 Å². The largest absolute Gasteiger partial charge is 0.494 e. The molecule has 1 N–H and O–H groups in total. The van der Waals surface area contributed by atoms with Crippen LogP contribution in [0.3, 0.4) is 0 Å². The summed E-state index contributed by atoms with van der Waals surface area (Å²) in [5.41, 5.74) is 3.93. The Hall–Kier alpha value is -4.63. The fourth-order valence-electron chi connectivity index (χ4n) is 5.21. The minimum atomic E-state index is -4.19. The van der Waals surface area contributed by atoms with Crippen LogP contribution in [-0.2, 0) is 32.6 Å². The van der Waals surface area contributed by atoms with Gasteiger partial charge in [0.05, 0.1) is 17.2 Å². The van der Waals surface area contributed by atoms with Gasteiger partial charge < -0.3 is 15.0 Å². The molecule has 0 radical (unpaired) electrons. The molecule has 4 aromatic rings. The quantitative estimate of drug-likeness (QED) is 0.159. The van der Waals surface area contributed by atoms with E-state index in [9.17, 15) is 18.0 Å². The van der Waals surface area contributed by atoms with E-state index in [1.807, 2.05) is 89.2 Å². The van der Waals surface area contributed by atoms with Crippen LogP contribution in [0.5, 0.6) is 5.75 Å². The Bertz CT molecular complexity index is 1730. The van der Waals surface area contributed by atoms with Crippen molar-refractivity contribution in [3.63, 3.8) is 0 Å². The molecule has 0 unspecified atom stereocenters. The summed E-state index contributed by atoms with van der Waals surface area (Å²) >= 11 is 0. The maximum absolute atomic E-state index is 14.7. The molecule has 2 atom stereocenters. The third kappa shape index (κ3) is 9.23. The molecule has 8 nitrogen and oxygen atoms in total. The van der Waals surface area contributed by atoms with Crippen LogP contribution in [0.4, 0.5) is 5.69 Å². The standard InChI is InChI=1S/C38H45N3O5S/c1-6-30(5)39-38(43)36(25-31-14-9-8-10-15-31)40(26-32-16-12-11-13-29(32)4)37(42)27-41(33-19-21-34(22-20-33)46-7-2)47(44,45)35-23-17-28(3)18-24-35/h8-24,30,36H,6-7,25-27H2,1-5H3,(H,39,43)/t30-,36+/m1/s1. The van der Waals surface area contributed by atoms with E-state index in [0.717, 1.165) is 33.0 Å². The van der Waals surface area contributed by atoms with Crippen LogP contribution in [0, 0.1) is 13.8 Å². The smallest absolute Gasteiger partial charge is 0.264 e. The van der Waals surface area contributed by atoms with Gasteiger partial charge in [-0.2, -0.15) is 0 Å². The number of nitrogens with one attached hydrogen (secondary N) is 1. The van der Waals surface area contributed by atoms with Crippen molar-refractivity contribution < 1.29 is 22.7 Å². The number of hydrogen-bond acceptors (Lipinski definition) is 5. The summed E-state index contributed by atoms with van der Waals surface area (Å²) in [4.78, 5) is 30.2. The lowest BCUT2D eigenvalue weighted by molar-refractivity contribution is -0.140. The first-order valence-corrected chi connectivity index (χ1v) is 17.5. The van der Waals surface area contributed by atoms with Gasteiger partial charge in [-0.25, -0.2) is 8.42 Å². The number of rotatable bonds is 15. The average Bonchev–Trinajstić information content (AvgIpc) is 3.07. The lowest BCUT2D eigenvalue weighted by Gasteiger charge is -2.34. The molecular formula is C38H45N3O5S. The number of aryl methyl sites for hydroxylation is 2. The zero-order chi connectivity index (χ0) is 34.0. The first-order chi connectivity index (χ1) is 22.5. The van der Waals surface area contributed by atoms with Crippen LogP contribution in [0.2, 0.25) is 0 Å². The second kappa shape index (κ2) is 16.3. The lowest BCUT2D eigenvalue weighted by atomic mass is 10.0. The Morgan fingerprint density at radius 1 is 0.830 bits per heavy atom. The molecule has 0 aromatic heterocycles. The number of carbonyl (C=O) groups is 2. The van der Waals surface area contributed by atoms with E-state index in [1.165, 1.54) is 4.90 Å². The minimum absolute atomic E-state index is 0.0607. The molecule has 0 bridgehead atoms. The summed E-state index contributed by atoms with van der Waals surface area (Å²) in [6.07, 6.45) is 0.977. The maximum Gasteiger partial charge on any atom is 0.264 e. The van der Waals surface area contributed by atoms with Crippen LogP contribution in [-0.4, -0.2) is 50.4 Å². The van der Waals surface area contributed by atoms with Gasteiger partial charge in [-0.1, -0.05) is 79.2 Å². The number of amides is 2. The zero-order valence-electron chi connectivity index (χ0n) is 27.8. The Labute approximate surface area is 279 Å². The molecule has 0 aliphatic carbocycles. The molecule has 0 heterocycles. The molecule has 0 aliphatic heterocycles.